The third kappa shape index (κ3) is 4.14. The molecule has 0 atom stereocenters. The summed E-state index contributed by atoms with van der Waals surface area (Å²) in [6.07, 6.45) is 1.35. The van der Waals surface area contributed by atoms with Crippen LogP contribution in [0.4, 0.5) is 16.2 Å². The van der Waals surface area contributed by atoms with Crippen LogP contribution < -0.4 is 15.4 Å². The quantitative estimate of drug-likeness (QED) is 0.882. The number of hydrogen-bond donors (Lipinski definition) is 2. The fourth-order valence-corrected chi connectivity index (χ4v) is 3.07. The predicted octanol–water partition coefficient (Wildman–Crippen LogP) is 3.63. The van der Waals surface area contributed by atoms with E-state index in [1.807, 2.05) is 42.2 Å². The van der Waals surface area contributed by atoms with Crippen LogP contribution in [0.1, 0.15) is 24.5 Å². The Bertz CT molecular complexity index is 820. The molecule has 2 aromatic carbocycles. The molecule has 136 valence electrons. The van der Waals surface area contributed by atoms with Gasteiger partial charge in [-0.05, 0) is 41.8 Å². The lowest BCUT2D eigenvalue weighted by molar-refractivity contribution is -0.131. The highest BCUT2D eigenvalue weighted by Crippen LogP contribution is 2.23. The van der Waals surface area contributed by atoms with Crippen LogP contribution in [-0.2, 0) is 17.8 Å². The van der Waals surface area contributed by atoms with Gasteiger partial charge in [0.2, 0.25) is 5.91 Å². The number of fused-ring (bicyclic) bond motifs is 1. The van der Waals surface area contributed by atoms with Gasteiger partial charge in [-0.1, -0.05) is 19.1 Å². The lowest BCUT2D eigenvalue weighted by atomic mass is 9.99. The zero-order chi connectivity index (χ0) is 18.5. The molecule has 0 aromatic heterocycles. The summed E-state index contributed by atoms with van der Waals surface area (Å²) in [6.45, 7) is 3.22. The Kier molecular flexibility index (Phi) is 5.41. The van der Waals surface area contributed by atoms with Crippen molar-refractivity contribution in [3.63, 3.8) is 0 Å². The molecule has 0 radical (unpaired) electrons. The monoisotopic (exact) mass is 353 g/mol. The Morgan fingerprint density at radius 1 is 1.08 bits per heavy atom. The van der Waals surface area contributed by atoms with Crippen molar-refractivity contribution < 1.29 is 14.3 Å². The number of carbonyl (C=O) groups excluding carboxylic acids is 2. The Morgan fingerprint density at radius 3 is 2.58 bits per heavy atom. The summed E-state index contributed by atoms with van der Waals surface area (Å²) in [6, 6.07) is 12.7. The van der Waals surface area contributed by atoms with Crippen molar-refractivity contribution in [2.75, 3.05) is 24.3 Å². The number of anilines is 2. The van der Waals surface area contributed by atoms with E-state index in [4.69, 9.17) is 4.74 Å². The van der Waals surface area contributed by atoms with E-state index < -0.39 is 0 Å². The first-order chi connectivity index (χ1) is 12.6. The maximum absolute atomic E-state index is 12.2. The average Bonchev–Trinajstić information content (AvgIpc) is 2.66. The Morgan fingerprint density at radius 2 is 1.85 bits per heavy atom. The molecule has 0 unspecified atom stereocenters. The number of benzene rings is 2. The maximum Gasteiger partial charge on any atom is 0.323 e. The number of hydrogen-bond acceptors (Lipinski definition) is 3. The van der Waals surface area contributed by atoms with Gasteiger partial charge in [-0.2, -0.15) is 0 Å². The molecular weight excluding hydrogens is 330 g/mol. The number of ether oxygens (including phenoxy) is 1. The van der Waals surface area contributed by atoms with Gasteiger partial charge in [0.25, 0.3) is 0 Å². The number of methoxy groups -OCH3 is 1. The van der Waals surface area contributed by atoms with Crippen LogP contribution in [0.2, 0.25) is 0 Å². The molecule has 2 N–H and O–H groups in total. The van der Waals surface area contributed by atoms with E-state index in [9.17, 15) is 9.59 Å². The minimum atomic E-state index is -0.324. The van der Waals surface area contributed by atoms with Gasteiger partial charge in [-0.15, -0.1) is 0 Å². The molecule has 1 heterocycles. The highest BCUT2D eigenvalue weighted by molar-refractivity contribution is 5.99. The summed E-state index contributed by atoms with van der Waals surface area (Å²) in [4.78, 5) is 26.0. The van der Waals surface area contributed by atoms with E-state index in [0.717, 1.165) is 18.5 Å². The fourth-order valence-electron chi connectivity index (χ4n) is 3.07. The predicted molar refractivity (Wildman–Crippen MR) is 101 cm³/mol. The van der Waals surface area contributed by atoms with Crippen molar-refractivity contribution >= 4 is 23.3 Å². The van der Waals surface area contributed by atoms with Crippen LogP contribution in [0.5, 0.6) is 5.75 Å². The van der Waals surface area contributed by atoms with Gasteiger partial charge in [0.15, 0.2) is 0 Å². The summed E-state index contributed by atoms with van der Waals surface area (Å²) in [5.41, 5.74) is 3.66. The number of nitrogens with zero attached hydrogens (tertiary/aromatic N) is 1. The van der Waals surface area contributed by atoms with E-state index in [1.165, 1.54) is 5.56 Å². The van der Waals surface area contributed by atoms with Gasteiger partial charge in [0.1, 0.15) is 5.75 Å². The van der Waals surface area contributed by atoms with Gasteiger partial charge in [0, 0.05) is 37.0 Å². The summed E-state index contributed by atoms with van der Waals surface area (Å²) in [5, 5.41) is 5.63. The Balaban J connectivity index is 1.67. The fraction of sp³-hybridized carbons (Fsp3) is 0.300. The molecule has 26 heavy (non-hydrogen) atoms. The van der Waals surface area contributed by atoms with Crippen LogP contribution in [0.25, 0.3) is 0 Å². The third-order valence-corrected chi connectivity index (χ3v) is 4.46. The van der Waals surface area contributed by atoms with E-state index >= 15 is 0 Å². The molecule has 0 fully saturated rings. The van der Waals surface area contributed by atoms with Crippen molar-refractivity contribution in [2.24, 2.45) is 0 Å². The van der Waals surface area contributed by atoms with E-state index in [-0.39, 0.29) is 11.9 Å². The second-order valence-corrected chi connectivity index (χ2v) is 6.21. The Labute approximate surface area is 153 Å². The maximum atomic E-state index is 12.2. The molecule has 6 heteroatoms. The van der Waals surface area contributed by atoms with E-state index in [0.29, 0.717) is 30.1 Å². The third-order valence-electron chi connectivity index (χ3n) is 4.46. The van der Waals surface area contributed by atoms with Gasteiger partial charge in [0.05, 0.1) is 7.11 Å². The lowest BCUT2D eigenvalue weighted by Crippen LogP contribution is -2.35. The van der Waals surface area contributed by atoms with Gasteiger partial charge >= 0.3 is 6.03 Å². The van der Waals surface area contributed by atoms with Crippen molar-refractivity contribution in [3.05, 3.63) is 53.6 Å². The van der Waals surface area contributed by atoms with E-state index in [2.05, 4.69) is 10.6 Å². The standard InChI is InChI=1S/C20H23N3O3/c1-3-19(24)23-10-9-14-7-8-17(11-15(14)13-23)22-20(25)21-16-5-4-6-18(12-16)26-2/h4-8,11-12H,3,9-10,13H2,1-2H3,(H2,21,22,25). The summed E-state index contributed by atoms with van der Waals surface area (Å²) in [7, 11) is 1.58. The molecule has 0 bridgehead atoms. The average molecular weight is 353 g/mol. The molecule has 2 aromatic rings. The summed E-state index contributed by atoms with van der Waals surface area (Å²) >= 11 is 0. The SMILES string of the molecule is CCC(=O)N1CCc2ccc(NC(=O)Nc3cccc(OC)c3)cc2C1. The van der Waals surface area contributed by atoms with Crippen molar-refractivity contribution in [3.8, 4) is 5.75 Å². The highest BCUT2D eigenvalue weighted by atomic mass is 16.5. The van der Waals surface area contributed by atoms with Crippen LogP contribution >= 0.6 is 0 Å². The Hall–Kier alpha value is -3.02. The number of rotatable bonds is 4. The minimum absolute atomic E-state index is 0.157. The van der Waals surface area contributed by atoms with Gasteiger partial charge in [-0.3, -0.25) is 4.79 Å². The number of nitrogens with one attached hydrogen (secondary N) is 2. The summed E-state index contributed by atoms with van der Waals surface area (Å²) in [5.74, 6) is 0.835. The molecule has 3 amide bonds. The second kappa shape index (κ2) is 7.91. The molecule has 1 aliphatic rings. The number of urea groups is 1. The first kappa shape index (κ1) is 17.8. The molecule has 6 nitrogen and oxygen atoms in total. The molecular formula is C20H23N3O3. The molecule has 0 aliphatic carbocycles. The zero-order valence-electron chi connectivity index (χ0n) is 15.0. The second-order valence-electron chi connectivity index (χ2n) is 6.21. The van der Waals surface area contributed by atoms with Gasteiger partial charge in [-0.25, -0.2) is 4.79 Å². The molecule has 0 spiro atoms. The molecule has 3 rings (SSSR count). The van der Waals surface area contributed by atoms with Crippen LogP contribution in [-0.4, -0.2) is 30.5 Å². The number of carbonyl (C=O) groups is 2. The molecule has 0 saturated carbocycles. The largest absolute Gasteiger partial charge is 0.497 e. The van der Waals surface area contributed by atoms with Crippen LogP contribution in [0.3, 0.4) is 0 Å². The zero-order valence-corrected chi connectivity index (χ0v) is 15.0. The normalized spacial score (nSPS) is 12.9. The smallest absolute Gasteiger partial charge is 0.323 e. The molecule has 1 aliphatic heterocycles. The van der Waals surface area contributed by atoms with Crippen molar-refractivity contribution in [1.29, 1.82) is 0 Å². The first-order valence-electron chi connectivity index (χ1n) is 8.70. The number of amides is 3. The summed E-state index contributed by atoms with van der Waals surface area (Å²) < 4.78 is 5.15. The van der Waals surface area contributed by atoms with Crippen LogP contribution in [0.15, 0.2) is 42.5 Å². The lowest BCUT2D eigenvalue weighted by Gasteiger charge is -2.29. The first-order valence-corrected chi connectivity index (χ1v) is 8.70. The van der Waals surface area contributed by atoms with E-state index in [1.54, 1.807) is 19.2 Å². The highest BCUT2D eigenvalue weighted by Gasteiger charge is 2.19. The van der Waals surface area contributed by atoms with Crippen molar-refractivity contribution in [1.82, 2.24) is 4.90 Å². The molecule has 0 saturated heterocycles. The topological polar surface area (TPSA) is 70.7 Å². The van der Waals surface area contributed by atoms with Crippen LogP contribution in [0, 0.1) is 0 Å². The van der Waals surface area contributed by atoms with Crippen molar-refractivity contribution in [2.45, 2.75) is 26.3 Å². The van der Waals surface area contributed by atoms with Gasteiger partial charge < -0.3 is 20.3 Å². The minimum Gasteiger partial charge on any atom is -0.497 e.